The van der Waals surface area contributed by atoms with Crippen molar-refractivity contribution in [2.75, 3.05) is 19.8 Å². The zero-order valence-electron chi connectivity index (χ0n) is 12.7. The molecule has 1 aromatic carbocycles. The highest BCUT2D eigenvalue weighted by atomic mass is 16.5. The van der Waals surface area contributed by atoms with E-state index in [1.54, 1.807) is 0 Å². The Balaban J connectivity index is 2.35. The van der Waals surface area contributed by atoms with Crippen LogP contribution in [0.4, 0.5) is 0 Å². The van der Waals surface area contributed by atoms with Gasteiger partial charge in [-0.2, -0.15) is 0 Å². The fourth-order valence-electron chi connectivity index (χ4n) is 1.58. The normalized spacial score (nSPS) is 11.6. The summed E-state index contributed by atoms with van der Waals surface area (Å²) >= 11 is 0. The van der Waals surface area contributed by atoms with Crippen LogP contribution in [0.2, 0.25) is 0 Å². The summed E-state index contributed by atoms with van der Waals surface area (Å²) < 4.78 is 11.1. The molecule has 0 amide bonds. The average Bonchev–Trinajstić information content (AvgIpc) is 2.36. The van der Waals surface area contributed by atoms with Crippen LogP contribution in [0.5, 0.6) is 5.75 Å². The predicted octanol–water partition coefficient (Wildman–Crippen LogP) is 3.38. The van der Waals surface area contributed by atoms with Crippen molar-refractivity contribution in [3.8, 4) is 5.75 Å². The molecule has 0 aromatic heterocycles. The summed E-state index contributed by atoms with van der Waals surface area (Å²) in [5.74, 6) is 0.910. The summed E-state index contributed by atoms with van der Waals surface area (Å²) in [7, 11) is 0. The van der Waals surface area contributed by atoms with Crippen LogP contribution in [-0.2, 0) is 11.3 Å². The van der Waals surface area contributed by atoms with Crippen molar-refractivity contribution in [2.45, 2.75) is 46.2 Å². The van der Waals surface area contributed by atoms with E-state index in [0.717, 1.165) is 25.3 Å². The lowest BCUT2D eigenvalue weighted by atomic mass is 10.1. The van der Waals surface area contributed by atoms with Crippen LogP contribution in [-0.4, -0.2) is 25.4 Å². The van der Waals surface area contributed by atoms with Crippen LogP contribution >= 0.6 is 0 Å². The molecular formula is C16H27NO2. The van der Waals surface area contributed by atoms with Gasteiger partial charge >= 0.3 is 0 Å². The van der Waals surface area contributed by atoms with Gasteiger partial charge in [0, 0.05) is 18.7 Å². The van der Waals surface area contributed by atoms with Crippen molar-refractivity contribution in [1.82, 2.24) is 5.32 Å². The zero-order valence-corrected chi connectivity index (χ0v) is 12.7. The molecule has 1 aromatic rings. The molecular weight excluding hydrogens is 238 g/mol. The third-order valence-corrected chi connectivity index (χ3v) is 2.57. The van der Waals surface area contributed by atoms with E-state index in [4.69, 9.17) is 9.47 Å². The lowest BCUT2D eigenvalue weighted by Crippen LogP contribution is -2.35. The Hall–Kier alpha value is -1.06. The van der Waals surface area contributed by atoms with Crippen LogP contribution in [0.3, 0.4) is 0 Å². The minimum Gasteiger partial charge on any atom is -0.491 e. The molecule has 0 spiro atoms. The van der Waals surface area contributed by atoms with E-state index in [-0.39, 0.29) is 5.54 Å². The second-order valence-electron chi connectivity index (χ2n) is 5.71. The number of hydrogen-bond acceptors (Lipinski definition) is 3. The van der Waals surface area contributed by atoms with Crippen LogP contribution in [0, 0.1) is 0 Å². The molecule has 0 aliphatic heterocycles. The minimum absolute atomic E-state index is 0.130. The van der Waals surface area contributed by atoms with Crippen molar-refractivity contribution < 1.29 is 9.47 Å². The maximum absolute atomic E-state index is 5.67. The summed E-state index contributed by atoms with van der Waals surface area (Å²) in [6, 6.07) is 8.21. The molecule has 0 bridgehead atoms. The number of ether oxygens (including phenoxy) is 2. The average molecular weight is 265 g/mol. The van der Waals surface area contributed by atoms with Gasteiger partial charge in [0.05, 0.1) is 6.61 Å². The number of hydrogen-bond donors (Lipinski definition) is 1. The molecule has 0 unspecified atom stereocenters. The lowest BCUT2D eigenvalue weighted by Gasteiger charge is -2.20. The topological polar surface area (TPSA) is 30.5 Å². The molecule has 0 aliphatic carbocycles. The smallest absolute Gasteiger partial charge is 0.119 e. The van der Waals surface area contributed by atoms with Gasteiger partial charge in [0.25, 0.3) is 0 Å². The van der Waals surface area contributed by atoms with E-state index in [9.17, 15) is 0 Å². The van der Waals surface area contributed by atoms with E-state index in [0.29, 0.717) is 13.2 Å². The van der Waals surface area contributed by atoms with Gasteiger partial charge in [-0.1, -0.05) is 19.1 Å². The van der Waals surface area contributed by atoms with Crippen molar-refractivity contribution in [3.63, 3.8) is 0 Å². The number of benzene rings is 1. The molecule has 108 valence electrons. The molecule has 0 saturated carbocycles. The van der Waals surface area contributed by atoms with Gasteiger partial charge in [0.15, 0.2) is 0 Å². The first-order valence-corrected chi connectivity index (χ1v) is 7.06. The predicted molar refractivity (Wildman–Crippen MR) is 79.6 cm³/mol. The van der Waals surface area contributed by atoms with Gasteiger partial charge in [-0.3, -0.25) is 0 Å². The summed E-state index contributed by atoms with van der Waals surface area (Å²) in [4.78, 5) is 0. The third kappa shape index (κ3) is 7.85. The van der Waals surface area contributed by atoms with Gasteiger partial charge in [-0.25, -0.2) is 0 Å². The standard InChI is InChI=1S/C16H27NO2/c1-5-9-18-10-11-19-15-8-6-7-14(12-15)13-17-16(2,3)4/h6-8,12,17H,5,9-11,13H2,1-4H3. The zero-order chi connectivity index (χ0) is 14.1. The highest BCUT2D eigenvalue weighted by Crippen LogP contribution is 2.14. The molecule has 0 heterocycles. The van der Waals surface area contributed by atoms with Crippen molar-refractivity contribution in [2.24, 2.45) is 0 Å². The Kier molecular flexibility index (Phi) is 6.89. The molecule has 0 atom stereocenters. The molecule has 1 rings (SSSR count). The summed E-state index contributed by atoms with van der Waals surface area (Å²) in [6.45, 7) is 11.5. The van der Waals surface area contributed by atoms with E-state index in [1.165, 1.54) is 5.56 Å². The van der Waals surface area contributed by atoms with Crippen molar-refractivity contribution in [1.29, 1.82) is 0 Å². The highest BCUT2D eigenvalue weighted by molar-refractivity contribution is 5.28. The van der Waals surface area contributed by atoms with Crippen LogP contribution in [0.1, 0.15) is 39.7 Å². The minimum atomic E-state index is 0.130. The highest BCUT2D eigenvalue weighted by Gasteiger charge is 2.08. The number of nitrogens with one attached hydrogen (secondary N) is 1. The first-order valence-electron chi connectivity index (χ1n) is 7.06. The molecule has 0 fully saturated rings. The fraction of sp³-hybridized carbons (Fsp3) is 0.625. The van der Waals surface area contributed by atoms with E-state index in [1.807, 2.05) is 12.1 Å². The molecule has 3 nitrogen and oxygen atoms in total. The SMILES string of the molecule is CCCOCCOc1cccc(CNC(C)(C)C)c1. The summed E-state index contributed by atoms with van der Waals surface area (Å²) in [6.07, 6.45) is 1.05. The Morgan fingerprint density at radius 1 is 1.11 bits per heavy atom. The van der Waals surface area contributed by atoms with Gasteiger partial charge in [-0.15, -0.1) is 0 Å². The molecule has 0 radical (unpaired) electrons. The van der Waals surface area contributed by atoms with Gasteiger partial charge in [0.1, 0.15) is 12.4 Å². The first kappa shape index (κ1) is 16.0. The molecule has 0 aliphatic rings. The third-order valence-electron chi connectivity index (χ3n) is 2.57. The van der Waals surface area contributed by atoms with Crippen LogP contribution < -0.4 is 10.1 Å². The van der Waals surface area contributed by atoms with Gasteiger partial charge in [-0.05, 0) is 44.9 Å². The summed E-state index contributed by atoms with van der Waals surface area (Å²) in [5, 5.41) is 3.47. The van der Waals surface area contributed by atoms with E-state index >= 15 is 0 Å². The van der Waals surface area contributed by atoms with Crippen molar-refractivity contribution >= 4 is 0 Å². The Morgan fingerprint density at radius 2 is 1.89 bits per heavy atom. The largest absolute Gasteiger partial charge is 0.491 e. The van der Waals surface area contributed by atoms with E-state index < -0.39 is 0 Å². The molecule has 1 N–H and O–H groups in total. The number of rotatable bonds is 8. The monoisotopic (exact) mass is 265 g/mol. The maximum atomic E-state index is 5.67. The maximum Gasteiger partial charge on any atom is 0.119 e. The Bertz CT molecular complexity index is 358. The van der Waals surface area contributed by atoms with Crippen molar-refractivity contribution in [3.05, 3.63) is 29.8 Å². The van der Waals surface area contributed by atoms with Crippen LogP contribution in [0.25, 0.3) is 0 Å². The molecule has 0 saturated heterocycles. The second-order valence-corrected chi connectivity index (χ2v) is 5.71. The lowest BCUT2D eigenvalue weighted by molar-refractivity contribution is 0.101. The van der Waals surface area contributed by atoms with Crippen LogP contribution in [0.15, 0.2) is 24.3 Å². The summed E-state index contributed by atoms with van der Waals surface area (Å²) in [5.41, 5.74) is 1.37. The fourth-order valence-corrected chi connectivity index (χ4v) is 1.58. The quantitative estimate of drug-likeness (QED) is 0.731. The van der Waals surface area contributed by atoms with Gasteiger partial charge < -0.3 is 14.8 Å². The molecule has 19 heavy (non-hydrogen) atoms. The Morgan fingerprint density at radius 3 is 2.58 bits per heavy atom. The first-order chi connectivity index (χ1) is 9.01. The molecule has 3 heteroatoms. The Labute approximate surface area is 117 Å². The van der Waals surface area contributed by atoms with Gasteiger partial charge in [0.2, 0.25) is 0 Å². The van der Waals surface area contributed by atoms with E-state index in [2.05, 4.69) is 45.1 Å². The second kappa shape index (κ2) is 8.18.